The minimum Gasteiger partial charge on any atom is -0.361 e. The van der Waals surface area contributed by atoms with Gasteiger partial charge in [-0.3, -0.25) is 4.79 Å². The Kier molecular flexibility index (Phi) is 5.30. The fourth-order valence-electron chi connectivity index (χ4n) is 2.44. The number of hydrogen-bond acceptors (Lipinski definition) is 5. The van der Waals surface area contributed by atoms with Gasteiger partial charge in [-0.05, 0) is 24.1 Å². The molecule has 0 amide bonds. The van der Waals surface area contributed by atoms with E-state index in [2.05, 4.69) is 10.1 Å². The van der Waals surface area contributed by atoms with Crippen molar-refractivity contribution in [1.29, 1.82) is 0 Å². The first-order valence-electron chi connectivity index (χ1n) is 8.41. The molecule has 3 aromatic rings. The third kappa shape index (κ3) is 4.40. The van der Waals surface area contributed by atoms with Crippen LogP contribution < -0.4 is 0 Å². The van der Waals surface area contributed by atoms with Crippen LogP contribution in [0.15, 0.2) is 34.2 Å². The molecule has 3 rings (SSSR count). The second kappa shape index (κ2) is 7.33. The second-order valence-electron chi connectivity index (χ2n) is 7.42. The highest BCUT2D eigenvalue weighted by Crippen LogP contribution is 2.24. The molecule has 26 heavy (non-hydrogen) atoms. The highest BCUT2D eigenvalue weighted by molar-refractivity contribution is 7.09. The monoisotopic (exact) mass is 388 g/mol. The Hall–Kier alpha value is -1.98. The van der Waals surface area contributed by atoms with Crippen LogP contribution in [0.3, 0.4) is 0 Å². The summed E-state index contributed by atoms with van der Waals surface area (Å²) in [4.78, 5) is 17.0. The van der Waals surface area contributed by atoms with Crippen LogP contribution in [0.25, 0.3) is 0 Å². The molecule has 0 atom stereocenters. The molecule has 0 saturated heterocycles. The van der Waals surface area contributed by atoms with E-state index in [1.165, 1.54) is 11.3 Å². The predicted octanol–water partition coefficient (Wildman–Crippen LogP) is 5.41. The highest BCUT2D eigenvalue weighted by Gasteiger charge is 2.21. The lowest BCUT2D eigenvalue weighted by Gasteiger charge is -2.12. The minimum absolute atomic E-state index is 0.0526. The molecule has 0 aliphatic heterocycles. The van der Waals surface area contributed by atoms with Gasteiger partial charge in [0.15, 0.2) is 5.78 Å². The molecule has 0 aliphatic rings. The summed E-state index contributed by atoms with van der Waals surface area (Å²) in [6, 6.07) is 7.82. The third-order valence-corrected chi connectivity index (χ3v) is 5.32. The minimum atomic E-state index is -0.128. The number of nitrogens with zero attached hydrogens (tertiary/aromatic N) is 2. The summed E-state index contributed by atoms with van der Waals surface area (Å²) in [6.45, 7) is 8.11. The molecule has 4 nitrogen and oxygen atoms in total. The molecule has 0 bridgehead atoms. The Morgan fingerprint density at radius 3 is 2.69 bits per heavy atom. The van der Waals surface area contributed by atoms with Crippen molar-refractivity contribution in [3.05, 3.63) is 68.0 Å². The fraction of sp³-hybridized carbons (Fsp3) is 0.350. The van der Waals surface area contributed by atoms with Gasteiger partial charge in [0.2, 0.25) is 0 Å². The van der Waals surface area contributed by atoms with Crippen molar-refractivity contribution in [3.8, 4) is 0 Å². The van der Waals surface area contributed by atoms with Crippen molar-refractivity contribution in [2.45, 2.75) is 46.0 Å². The van der Waals surface area contributed by atoms with Gasteiger partial charge in [0.05, 0.1) is 17.1 Å². The van der Waals surface area contributed by atoms with Gasteiger partial charge in [-0.25, -0.2) is 4.98 Å². The number of aryl methyl sites for hydroxylation is 1. The van der Waals surface area contributed by atoms with Crippen LogP contribution in [-0.2, 0) is 18.3 Å². The molecule has 0 N–H and O–H groups in total. The molecule has 136 valence electrons. The van der Waals surface area contributed by atoms with Crippen LogP contribution in [0.4, 0.5) is 0 Å². The van der Waals surface area contributed by atoms with E-state index in [1.54, 1.807) is 5.38 Å². The SMILES string of the molecule is Cc1ccc(Cc2nc(C(=O)Cc3cc(C(C)(C)C)on3)cs2)cc1Cl. The average Bonchev–Trinajstić information content (AvgIpc) is 3.20. The molecule has 0 aliphatic carbocycles. The van der Waals surface area contributed by atoms with Crippen molar-refractivity contribution >= 4 is 28.7 Å². The number of hydrogen-bond donors (Lipinski definition) is 0. The molecule has 2 aromatic heterocycles. The van der Waals surface area contributed by atoms with Crippen molar-refractivity contribution in [3.63, 3.8) is 0 Å². The molecule has 0 spiro atoms. The van der Waals surface area contributed by atoms with E-state index in [1.807, 2.05) is 52.0 Å². The van der Waals surface area contributed by atoms with Crippen LogP contribution in [-0.4, -0.2) is 15.9 Å². The Labute approximate surface area is 162 Å². The van der Waals surface area contributed by atoms with Gasteiger partial charge >= 0.3 is 0 Å². The summed E-state index contributed by atoms with van der Waals surface area (Å²) in [5, 5.41) is 7.45. The van der Waals surface area contributed by atoms with Gasteiger partial charge in [-0.1, -0.05) is 49.7 Å². The molecule has 0 radical (unpaired) electrons. The number of carbonyl (C=O) groups is 1. The smallest absolute Gasteiger partial charge is 0.188 e. The highest BCUT2D eigenvalue weighted by atomic mass is 35.5. The third-order valence-electron chi connectivity index (χ3n) is 4.07. The zero-order chi connectivity index (χ0) is 18.9. The van der Waals surface area contributed by atoms with Crippen LogP contribution in [0, 0.1) is 6.92 Å². The van der Waals surface area contributed by atoms with E-state index >= 15 is 0 Å². The Balaban J connectivity index is 1.68. The average molecular weight is 389 g/mol. The molecule has 0 unspecified atom stereocenters. The topological polar surface area (TPSA) is 56.0 Å². The molecular weight excluding hydrogens is 368 g/mol. The summed E-state index contributed by atoms with van der Waals surface area (Å²) >= 11 is 7.66. The van der Waals surface area contributed by atoms with E-state index in [4.69, 9.17) is 16.1 Å². The quantitative estimate of drug-likeness (QED) is 0.548. The molecular formula is C20H21ClN2O2S. The molecule has 1 aromatic carbocycles. The summed E-state index contributed by atoms with van der Waals surface area (Å²) in [6.07, 6.45) is 0.856. The predicted molar refractivity (Wildman–Crippen MR) is 104 cm³/mol. The van der Waals surface area contributed by atoms with Crippen LogP contribution in [0.5, 0.6) is 0 Å². The number of carbonyl (C=O) groups excluding carboxylic acids is 1. The van der Waals surface area contributed by atoms with Crippen molar-refractivity contribution in [2.24, 2.45) is 0 Å². The first-order valence-corrected chi connectivity index (χ1v) is 9.67. The number of thiazole rings is 1. The molecule has 6 heteroatoms. The van der Waals surface area contributed by atoms with Crippen molar-refractivity contribution in [1.82, 2.24) is 10.1 Å². The van der Waals surface area contributed by atoms with E-state index in [0.717, 1.165) is 26.9 Å². The maximum atomic E-state index is 12.5. The summed E-state index contributed by atoms with van der Waals surface area (Å²) < 4.78 is 5.34. The van der Waals surface area contributed by atoms with Crippen LogP contribution >= 0.6 is 22.9 Å². The van der Waals surface area contributed by atoms with Crippen LogP contribution in [0.2, 0.25) is 5.02 Å². The Morgan fingerprint density at radius 2 is 2.04 bits per heavy atom. The van der Waals surface area contributed by atoms with Crippen molar-refractivity contribution < 1.29 is 9.32 Å². The summed E-state index contributed by atoms with van der Waals surface area (Å²) in [5.41, 5.74) is 3.12. The number of rotatable bonds is 5. The van der Waals surface area contributed by atoms with Crippen molar-refractivity contribution in [2.75, 3.05) is 0 Å². The lowest BCUT2D eigenvalue weighted by atomic mass is 9.93. The largest absolute Gasteiger partial charge is 0.361 e. The summed E-state index contributed by atoms with van der Waals surface area (Å²) in [7, 11) is 0. The zero-order valence-electron chi connectivity index (χ0n) is 15.3. The lowest BCUT2D eigenvalue weighted by molar-refractivity contribution is 0.0986. The van der Waals surface area contributed by atoms with Gasteiger partial charge < -0.3 is 4.52 Å². The van der Waals surface area contributed by atoms with E-state index < -0.39 is 0 Å². The normalized spacial score (nSPS) is 11.7. The van der Waals surface area contributed by atoms with E-state index in [-0.39, 0.29) is 17.6 Å². The van der Waals surface area contributed by atoms with Gasteiger partial charge in [0.25, 0.3) is 0 Å². The summed E-state index contributed by atoms with van der Waals surface area (Å²) in [5.74, 6) is 0.721. The number of benzene rings is 1. The van der Waals surface area contributed by atoms with Gasteiger partial charge in [0, 0.05) is 28.3 Å². The van der Waals surface area contributed by atoms with E-state index in [9.17, 15) is 4.79 Å². The number of halogens is 1. The Morgan fingerprint density at radius 1 is 1.27 bits per heavy atom. The maximum absolute atomic E-state index is 12.5. The number of ketones is 1. The zero-order valence-corrected chi connectivity index (χ0v) is 16.9. The molecule has 0 fully saturated rings. The van der Waals surface area contributed by atoms with Gasteiger partial charge in [-0.2, -0.15) is 0 Å². The standard InChI is InChI=1S/C20H21ClN2O2S/c1-12-5-6-13(7-15(12)21)8-19-22-16(11-26-19)17(24)9-14-10-18(25-23-14)20(2,3)4/h5-7,10-11H,8-9H2,1-4H3. The first kappa shape index (κ1) is 18.8. The molecule has 2 heterocycles. The maximum Gasteiger partial charge on any atom is 0.188 e. The fourth-order valence-corrected chi connectivity index (χ4v) is 3.48. The van der Waals surface area contributed by atoms with Gasteiger partial charge in [-0.15, -0.1) is 11.3 Å². The second-order valence-corrected chi connectivity index (χ2v) is 8.77. The first-order chi connectivity index (χ1) is 12.2. The lowest BCUT2D eigenvalue weighted by Crippen LogP contribution is -2.09. The Bertz CT molecular complexity index is 937. The number of aromatic nitrogens is 2. The number of Topliss-reactive ketones (excluding diaryl/α,β-unsaturated/α-hetero) is 1. The van der Waals surface area contributed by atoms with Crippen LogP contribution in [0.1, 0.15) is 58.8 Å². The van der Waals surface area contributed by atoms with Gasteiger partial charge in [0.1, 0.15) is 11.5 Å². The molecule has 0 saturated carbocycles. The van der Waals surface area contributed by atoms with E-state index in [0.29, 0.717) is 17.8 Å².